The first-order valence-corrected chi connectivity index (χ1v) is 8.12. The molecule has 1 aromatic carbocycles. The molecule has 25 heavy (non-hydrogen) atoms. The van der Waals surface area contributed by atoms with Gasteiger partial charge in [-0.2, -0.15) is 0 Å². The Hall–Kier alpha value is -3.21. The minimum absolute atomic E-state index is 0.786. The van der Waals surface area contributed by atoms with Crippen LogP contribution in [0, 0.1) is 20.8 Å². The zero-order chi connectivity index (χ0) is 17.4. The quantitative estimate of drug-likeness (QED) is 0.575. The van der Waals surface area contributed by atoms with Crippen molar-refractivity contribution in [2.24, 2.45) is 0 Å². The molecule has 0 saturated carbocycles. The molecular weight excluding hydrogens is 312 g/mol. The van der Waals surface area contributed by atoms with Gasteiger partial charge in [-0.3, -0.25) is 0 Å². The number of furan rings is 1. The molecule has 5 heteroatoms. The van der Waals surface area contributed by atoms with Gasteiger partial charge in [0.2, 0.25) is 0 Å². The molecule has 0 fully saturated rings. The lowest BCUT2D eigenvalue weighted by Gasteiger charge is -2.13. The maximum absolute atomic E-state index is 5.43. The molecule has 0 aliphatic carbocycles. The second-order valence-corrected chi connectivity index (χ2v) is 6.07. The molecule has 5 nitrogen and oxygen atoms in total. The van der Waals surface area contributed by atoms with Crippen molar-refractivity contribution < 1.29 is 4.42 Å². The van der Waals surface area contributed by atoms with Gasteiger partial charge in [0.1, 0.15) is 17.7 Å². The molecule has 4 rings (SSSR count). The second kappa shape index (κ2) is 6.02. The van der Waals surface area contributed by atoms with Gasteiger partial charge in [0.25, 0.3) is 0 Å². The Bertz CT molecular complexity index is 1050. The SMILES string of the molecule is Cc1cc(Nc2nccc3occc23)ccc1-c1c(C)ncnc1C. The van der Waals surface area contributed by atoms with Crippen molar-refractivity contribution in [3.05, 3.63) is 66.1 Å². The van der Waals surface area contributed by atoms with Gasteiger partial charge in [-0.25, -0.2) is 15.0 Å². The third kappa shape index (κ3) is 2.74. The molecule has 3 heterocycles. The fourth-order valence-corrected chi connectivity index (χ4v) is 3.14. The van der Waals surface area contributed by atoms with Crippen molar-refractivity contribution >= 4 is 22.5 Å². The fraction of sp³-hybridized carbons (Fsp3) is 0.150. The number of nitrogens with zero attached hydrogens (tertiary/aromatic N) is 3. The van der Waals surface area contributed by atoms with Crippen LogP contribution in [-0.4, -0.2) is 15.0 Å². The third-order valence-electron chi connectivity index (χ3n) is 4.36. The smallest absolute Gasteiger partial charge is 0.141 e. The maximum Gasteiger partial charge on any atom is 0.141 e. The highest BCUT2D eigenvalue weighted by Crippen LogP contribution is 2.31. The van der Waals surface area contributed by atoms with Gasteiger partial charge < -0.3 is 9.73 Å². The van der Waals surface area contributed by atoms with Crippen molar-refractivity contribution in [3.8, 4) is 11.1 Å². The molecule has 0 aliphatic heterocycles. The van der Waals surface area contributed by atoms with Crippen LogP contribution in [0.1, 0.15) is 17.0 Å². The van der Waals surface area contributed by atoms with Crippen LogP contribution >= 0.6 is 0 Å². The van der Waals surface area contributed by atoms with E-state index in [1.807, 2.05) is 26.0 Å². The van der Waals surface area contributed by atoms with Gasteiger partial charge in [0, 0.05) is 28.8 Å². The van der Waals surface area contributed by atoms with Crippen molar-refractivity contribution in [1.82, 2.24) is 15.0 Å². The van der Waals surface area contributed by atoms with Crippen LogP contribution in [0.5, 0.6) is 0 Å². The highest BCUT2D eigenvalue weighted by molar-refractivity contribution is 5.90. The summed E-state index contributed by atoms with van der Waals surface area (Å²) in [5, 5.41) is 4.34. The average molecular weight is 330 g/mol. The number of fused-ring (bicyclic) bond motifs is 1. The molecule has 4 aromatic rings. The molecular formula is C20H18N4O. The first-order valence-electron chi connectivity index (χ1n) is 8.12. The molecule has 0 saturated heterocycles. The predicted molar refractivity (Wildman–Crippen MR) is 99.0 cm³/mol. The predicted octanol–water partition coefficient (Wildman–Crippen LogP) is 4.95. The number of aromatic nitrogens is 3. The Kier molecular flexibility index (Phi) is 3.69. The third-order valence-corrected chi connectivity index (χ3v) is 4.36. The Morgan fingerprint density at radius 2 is 1.72 bits per heavy atom. The van der Waals surface area contributed by atoms with Crippen LogP contribution in [0.4, 0.5) is 11.5 Å². The molecule has 0 spiro atoms. The molecule has 3 aromatic heterocycles. The molecule has 0 atom stereocenters. The van der Waals surface area contributed by atoms with Crippen molar-refractivity contribution in [3.63, 3.8) is 0 Å². The van der Waals surface area contributed by atoms with E-state index in [-0.39, 0.29) is 0 Å². The summed E-state index contributed by atoms with van der Waals surface area (Å²) in [5.74, 6) is 0.786. The number of pyridine rings is 1. The van der Waals surface area contributed by atoms with Gasteiger partial charge in [-0.15, -0.1) is 0 Å². The number of aryl methyl sites for hydroxylation is 3. The summed E-state index contributed by atoms with van der Waals surface area (Å²) < 4.78 is 5.43. The topological polar surface area (TPSA) is 63.8 Å². The minimum atomic E-state index is 0.786. The summed E-state index contributed by atoms with van der Waals surface area (Å²) in [5.41, 5.74) is 7.18. The summed E-state index contributed by atoms with van der Waals surface area (Å²) in [6.07, 6.45) is 5.02. The number of anilines is 2. The number of rotatable bonds is 3. The molecule has 0 amide bonds. The fourth-order valence-electron chi connectivity index (χ4n) is 3.14. The van der Waals surface area contributed by atoms with Crippen LogP contribution in [0.15, 0.2) is 53.5 Å². The second-order valence-electron chi connectivity index (χ2n) is 6.07. The first kappa shape index (κ1) is 15.3. The summed E-state index contributed by atoms with van der Waals surface area (Å²) in [7, 11) is 0. The van der Waals surface area contributed by atoms with E-state index < -0.39 is 0 Å². The summed E-state index contributed by atoms with van der Waals surface area (Å²) in [4.78, 5) is 13.1. The monoisotopic (exact) mass is 330 g/mol. The number of hydrogen-bond donors (Lipinski definition) is 1. The highest BCUT2D eigenvalue weighted by Gasteiger charge is 2.11. The average Bonchev–Trinajstić information content (AvgIpc) is 3.06. The number of nitrogens with one attached hydrogen (secondary N) is 1. The van der Waals surface area contributed by atoms with Crippen molar-refractivity contribution in [2.75, 3.05) is 5.32 Å². The summed E-state index contributed by atoms with van der Waals surface area (Å²) in [6.45, 7) is 6.12. The van der Waals surface area contributed by atoms with Crippen LogP contribution < -0.4 is 5.32 Å². The van der Waals surface area contributed by atoms with E-state index in [9.17, 15) is 0 Å². The first-order chi connectivity index (χ1) is 12.1. The van der Waals surface area contributed by atoms with Crippen LogP contribution in [0.25, 0.3) is 22.1 Å². The van der Waals surface area contributed by atoms with Crippen LogP contribution in [-0.2, 0) is 0 Å². The lowest BCUT2D eigenvalue weighted by atomic mass is 9.97. The minimum Gasteiger partial charge on any atom is -0.464 e. The largest absolute Gasteiger partial charge is 0.464 e. The van der Waals surface area contributed by atoms with E-state index in [1.54, 1.807) is 18.8 Å². The zero-order valence-corrected chi connectivity index (χ0v) is 14.4. The van der Waals surface area contributed by atoms with E-state index in [2.05, 4.69) is 45.4 Å². The summed E-state index contributed by atoms with van der Waals surface area (Å²) in [6, 6.07) is 10.0. The van der Waals surface area contributed by atoms with Gasteiger partial charge in [0.15, 0.2) is 0 Å². The van der Waals surface area contributed by atoms with Crippen molar-refractivity contribution in [1.29, 1.82) is 0 Å². The van der Waals surface area contributed by atoms with E-state index in [1.165, 1.54) is 0 Å². The Morgan fingerprint density at radius 1 is 0.920 bits per heavy atom. The molecule has 1 N–H and O–H groups in total. The molecule has 124 valence electrons. The van der Waals surface area contributed by atoms with Gasteiger partial charge in [-0.05, 0) is 56.2 Å². The molecule has 0 radical (unpaired) electrons. The normalized spacial score (nSPS) is 11.0. The Labute approximate surface area is 145 Å². The van der Waals surface area contributed by atoms with Gasteiger partial charge in [0.05, 0.1) is 11.6 Å². The number of hydrogen-bond acceptors (Lipinski definition) is 5. The lowest BCUT2D eigenvalue weighted by molar-refractivity contribution is 0.615. The molecule has 0 bridgehead atoms. The standard InChI is InChI=1S/C20H18N4O/c1-12-10-15(24-20-17-7-9-25-18(17)6-8-21-20)4-5-16(12)19-13(2)22-11-23-14(19)3/h4-11H,1-3H3,(H,21,24). The highest BCUT2D eigenvalue weighted by atomic mass is 16.3. The van der Waals surface area contributed by atoms with Crippen LogP contribution in [0.3, 0.4) is 0 Å². The van der Waals surface area contributed by atoms with E-state index in [0.29, 0.717) is 0 Å². The van der Waals surface area contributed by atoms with Gasteiger partial charge >= 0.3 is 0 Å². The van der Waals surface area contributed by atoms with Crippen molar-refractivity contribution in [2.45, 2.75) is 20.8 Å². The van der Waals surface area contributed by atoms with E-state index >= 15 is 0 Å². The summed E-state index contributed by atoms with van der Waals surface area (Å²) >= 11 is 0. The van der Waals surface area contributed by atoms with E-state index in [4.69, 9.17) is 4.42 Å². The maximum atomic E-state index is 5.43. The van der Waals surface area contributed by atoms with E-state index in [0.717, 1.165) is 50.6 Å². The molecule has 0 unspecified atom stereocenters. The Morgan fingerprint density at radius 3 is 2.48 bits per heavy atom. The van der Waals surface area contributed by atoms with Crippen LogP contribution in [0.2, 0.25) is 0 Å². The van der Waals surface area contributed by atoms with Gasteiger partial charge in [-0.1, -0.05) is 6.07 Å². The zero-order valence-electron chi connectivity index (χ0n) is 14.4. The molecule has 0 aliphatic rings. The number of benzene rings is 1. The Balaban J connectivity index is 1.72. The lowest BCUT2D eigenvalue weighted by Crippen LogP contribution is -1.98.